The highest BCUT2D eigenvalue weighted by atomic mass is 32.2. The van der Waals surface area contributed by atoms with E-state index in [0.29, 0.717) is 6.04 Å². The van der Waals surface area contributed by atoms with Crippen molar-refractivity contribution in [3.8, 4) is 0 Å². The molecule has 1 atom stereocenters. The minimum atomic E-state index is -0.247. The summed E-state index contributed by atoms with van der Waals surface area (Å²) in [7, 11) is 0. The molecule has 0 aliphatic rings. The molecule has 3 aromatic rings. The van der Waals surface area contributed by atoms with Crippen LogP contribution in [-0.4, -0.2) is 18.3 Å². The van der Waals surface area contributed by atoms with Crippen molar-refractivity contribution in [2.24, 2.45) is 0 Å². The van der Waals surface area contributed by atoms with E-state index in [2.05, 4.69) is 36.5 Å². The molecular formula is C24H25F2NS. The Morgan fingerprint density at radius 1 is 0.786 bits per heavy atom. The lowest BCUT2D eigenvalue weighted by Gasteiger charge is -2.19. The molecule has 0 saturated carbocycles. The summed E-state index contributed by atoms with van der Waals surface area (Å²) in [5.41, 5.74) is 3.37. The van der Waals surface area contributed by atoms with Gasteiger partial charge in [-0.3, -0.25) is 0 Å². The molecule has 3 aromatic carbocycles. The predicted molar refractivity (Wildman–Crippen MR) is 115 cm³/mol. The van der Waals surface area contributed by atoms with E-state index in [1.807, 2.05) is 30.3 Å². The SMILES string of the molecule is CC(Cc1ccccc1)NCCSC(c1ccc(F)cc1)c1ccc(F)cc1. The van der Waals surface area contributed by atoms with Crippen molar-refractivity contribution in [3.63, 3.8) is 0 Å². The summed E-state index contributed by atoms with van der Waals surface area (Å²) in [6.07, 6.45) is 0.991. The van der Waals surface area contributed by atoms with Gasteiger partial charge in [0.15, 0.2) is 0 Å². The monoisotopic (exact) mass is 397 g/mol. The fourth-order valence-corrected chi connectivity index (χ4v) is 4.35. The average molecular weight is 398 g/mol. The first-order chi connectivity index (χ1) is 13.6. The summed E-state index contributed by atoms with van der Waals surface area (Å²) in [5, 5.41) is 3.62. The quantitative estimate of drug-likeness (QED) is 0.444. The van der Waals surface area contributed by atoms with Crippen molar-refractivity contribution in [2.45, 2.75) is 24.6 Å². The van der Waals surface area contributed by atoms with Crippen LogP contribution in [-0.2, 0) is 6.42 Å². The van der Waals surface area contributed by atoms with E-state index in [4.69, 9.17) is 0 Å². The second kappa shape index (κ2) is 10.4. The Bertz CT molecular complexity index is 789. The maximum Gasteiger partial charge on any atom is 0.123 e. The molecule has 1 unspecified atom stereocenters. The Balaban J connectivity index is 1.57. The number of halogens is 2. The highest BCUT2D eigenvalue weighted by molar-refractivity contribution is 7.99. The molecule has 0 fully saturated rings. The average Bonchev–Trinajstić information content (AvgIpc) is 2.71. The summed E-state index contributed by atoms with van der Waals surface area (Å²) in [6.45, 7) is 3.06. The van der Waals surface area contributed by atoms with Crippen LogP contribution in [0.2, 0.25) is 0 Å². The van der Waals surface area contributed by atoms with Gasteiger partial charge in [-0.2, -0.15) is 0 Å². The first-order valence-corrected chi connectivity index (χ1v) is 10.6. The van der Waals surface area contributed by atoms with E-state index in [1.165, 1.54) is 29.8 Å². The molecule has 0 saturated heterocycles. The fourth-order valence-electron chi connectivity index (χ4n) is 3.18. The summed E-state index contributed by atoms with van der Waals surface area (Å²) in [4.78, 5) is 0. The van der Waals surface area contributed by atoms with Crippen LogP contribution in [0.5, 0.6) is 0 Å². The molecular weight excluding hydrogens is 372 g/mol. The second-order valence-corrected chi connectivity index (χ2v) is 8.11. The Labute approximate surface area is 170 Å². The van der Waals surface area contributed by atoms with Gasteiger partial charge < -0.3 is 5.32 Å². The summed E-state index contributed by atoms with van der Waals surface area (Å²) >= 11 is 1.78. The standard InChI is InChI=1S/C24H25F2NS/c1-18(17-19-5-3-2-4-6-19)27-15-16-28-24(20-7-11-22(25)12-8-20)21-9-13-23(26)14-10-21/h2-14,18,24,27H,15-17H2,1H3. The molecule has 0 aliphatic carbocycles. The van der Waals surface area contributed by atoms with Crippen molar-refractivity contribution in [2.75, 3.05) is 12.3 Å². The van der Waals surface area contributed by atoms with Crippen molar-refractivity contribution < 1.29 is 8.78 Å². The van der Waals surface area contributed by atoms with Crippen molar-refractivity contribution >= 4 is 11.8 Å². The molecule has 1 nitrogen and oxygen atoms in total. The van der Waals surface area contributed by atoms with Gasteiger partial charge in [-0.1, -0.05) is 54.6 Å². The molecule has 0 spiro atoms. The van der Waals surface area contributed by atoms with Crippen LogP contribution in [0, 0.1) is 11.6 Å². The van der Waals surface area contributed by atoms with E-state index in [9.17, 15) is 8.78 Å². The summed E-state index contributed by atoms with van der Waals surface area (Å²) in [5.74, 6) is 0.407. The van der Waals surface area contributed by atoms with Gasteiger partial charge in [-0.15, -0.1) is 11.8 Å². The third-order valence-corrected chi connectivity index (χ3v) is 5.93. The van der Waals surface area contributed by atoms with Crippen LogP contribution >= 0.6 is 11.8 Å². The second-order valence-electron chi connectivity index (χ2n) is 6.90. The van der Waals surface area contributed by atoms with Crippen LogP contribution in [0.3, 0.4) is 0 Å². The van der Waals surface area contributed by atoms with Crippen LogP contribution in [0.25, 0.3) is 0 Å². The smallest absolute Gasteiger partial charge is 0.123 e. The highest BCUT2D eigenvalue weighted by Crippen LogP contribution is 2.35. The summed E-state index contributed by atoms with van der Waals surface area (Å²) < 4.78 is 26.6. The maximum absolute atomic E-state index is 13.3. The Hall–Kier alpha value is -2.17. The molecule has 28 heavy (non-hydrogen) atoms. The zero-order chi connectivity index (χ0) is 19.8. The first kappa shape index (κ1) is 20.6. The predicted octanol–water partition coefficient (Wildman–Crippen LogP) is 6.01. The first-order valence-electron chi connectivity index (χ1n) is 9.51. The molecule has 0 aliphatic heterocycles. The number of nitrogens with one attached hydrogen (secondary N) is 1. The number of thioether (sulfide) groups is 1. The number of hydrogen-bond donors (Lipinski definition) is 1. The topological polar surface area (TPSA) is 12.0 Å². The van der Waals surface area contributed by atoms with Crippen molar-refractivity contribution in [1.82, 2.24) is 5.32 Å². The number of rotatable bonds is 9. The lowest BCUT2D eigenvalue weighted by Crippen LogP contribution is -2.30. The van der Waals surface area contributed by atoms with Crippen molar-refractivity contribution in [3.05, 3.63) is 107 Å². The molecule has 0 radical (unpaired) electrons. The number of hydrogen-bond acceptors (Lipinski definition) is 2. The van der Waals surface area contributed by atoms with E-state index in [0.717, 1.165) is 29.8 Å². The van der Waals surface area contributed by atoms with E-state index in [-0.39, 0.29) is 16.9 Å². The zero-order valence-corrected chi connectivity index (χ0v) is 16.8. The van der Waals surface area contributed by atoms with Gasteiger partial charge in [-0.25, -0.2) is 8.78 Å². The lowest BCUT2D eigenvalue weighted by atomic mass is 10.0. The fraction of sp³-hybridized carbons (Fsp3) is 0.250. The molecule has 146 valence electrons. The van der Waals surface area contributed by atoms with Gasteiger partial charge in [0.1, 0.15) is 11.6 Å². The van der Waals surface area contributed by atoms with Crippen LogP contribution in [0.4, 0.5) is 8.78 Å². The maximum atomic E-state index is 13.3. The minimum absolute atomic E-state index is 0.0485. The third kappa shape index (κ3) is 6.18. The van der Waals surface area contributed by atoms with Gasteiger partial charge in [0, 0.05) is 18.3 Å². The third-order valence-electron chi connectivity index (χ3n) is 4.61. The molecule has 0 bridgehead atoms. The Kier molecular flexibility index (Phi) is 7.63. The Morgan fingerprint density at radius 2 is 1.32 bits per heavy atom. The molecule has 1 N–H and O–H groups in total. The van der Waals surface area contributed by atoms with Gasteiger partial charge in [0.05, 0.1) is 5.25 Å². The minimum Gasteiger partial charge on any atom is -0.313 e. The molecule has 0 heterocycles. The van der Waals surface area contributed by atoms with E-state index >= 15 is 0 Å². The molecule has 3 rings (SSSR count). The van der Waals surface area contributed by atoms with Gasteiger partial charge in [0.25, 0.3) is 0 Å². The summed E-state index contributed by atoms with van der Waals surface area (Å²) in [6, 6.07) is 24.0. The van der Waals surface area contributed by atoms with Gasteiger partial charge in [-0.05, 0) is 54.3 Å². The molecule has 4 heteroatoms. The largest absolute Gasteiger partial charge is 0.313 e. The Morgan fingerprint density at radius 3 is 1.86 bits per heavy atom. The van der Waals surface area contributed by atoms with Crippen LogP contribution in [0.1, 0.15) is 28.9 Å². The van der Waals surface area contributed by atoms with E-state index in [1.54, 1.807) is 11.8 Å². The lowest BCUT2D eigenvalue weighted by molar-refractivity contribution is 0.567. The highest BCUT2D eigenvalue weighted by Gasteiger charge is 2.15. The normalized spacial score (nSPS) is 12.3. The zero-order valence-electron chi connectivity index (χ0n) is 15.9. The van der Waals surface area contributed by atoms with Crippen LogP contribution < -0.4 is 5.32 Å². The molecule has 0 amide bonds. The van der Waals surface area contributed by atoms with Gasteiger partial charge in [0.2, 0.25) is 0 Å². The van der Waals surface area contributed by atoms with Crippen LogP contribution in [0.15, 0.2) is 78.9 Å². The van der Waals surface area contributed by atoms with Gasteiger partial charge >= 0.3 is 0 Å². The molecule has 0 aromatic heterocycles. The van der Waals surface area contributed by atoms with E-state index < -0.39 is 0 Å². The van der Waals surface area contributed by atoms with Crippen molar-refractivity contribution in [1.29, 1.82) is 0 Å². The number of benzene rings is 3.